The third-order valence-corrected chi connectivity index (χ3v) is 5.20. The molecule has 0 aliphatic rings. The molecule has 3 aromatic carbocycles. The molecule has 0 unspecified atom stereocenters. The number of benzene rings is 3. The molecule has 4 N–H and O–H groups in total. The van der Waals surface area contributed by atoms with Gasteiger partial charge >= 0.3 is 5.97 Å². The van der Waals surface area contributed by atoms with Gasteiger partial charge in [0, 0.05) is 16.3 Å². The summed E-state index contributed by atoms with van der Waals surface area (Å²) in [5, 5.41) is 24.0. The topological polar surface area (TPSA) is 116 Å². The third-order valence-electron chi connectivity index (χ3n) is 4.21. The van der Waals surface area contributed by atoms with Crippen LogP contribution in [0.1, 0.15) is 15.9 Å². The number of hydrogen-bond donors (Lipinski definition) is 4. The fourth-order valence-electron chi connectivity index (χ4n) is 2.78. The van der Waals surface area contributed by atoms with Gasteiger partial charge in [0.25, 0.3) is 0 Å². The Morgan fingerprint density at radius 3 is 2.26 bits per heavy atom. The van der Waals surface area contributed by atoms with Crippen molar-refractivity contribution in [2.24, 2.45) is 0 Å². The lowest BCUT2D eigenvalue weighted by atomic mass is 10.1. The molecule has 0 radical (unpaired) electrons. The van der Waals surface area contributed by atoms with Crippen molar-refractivity contribution in [1.82, 2.24) is 0 Å². The van der Waals surface area contributed by atoms with E-state index in [0.717, 1.165) is 10.5 Å². The normalized spacial score (nSPS) is 10.3. The molecule has 3 aromatic rings. The molecule has 0 aliphatic carbocycles. The first-order valence-corrected chi connectivity index (χ1v) is 10.3. The molecule has 0 saturated carbocycles. The monoisotopic (exact) mass is 436 g/mol. The first kappa shape index (κ1) is 21.9. The van der Waals surface area contributed by atoms with Crippen molar-refractivity contribution in [2.75, 3.05) is 16.4 Å². The van der Waals surface area contributed by atoms with Crippen molar-refractivity contribution < 1.29 is 24.6 Å². The Kier molecular flexibility index (Phi) is 7.29. The van der Waals surface area contributed by atoms with Gasteiger partial charge in [-0.05, 0) is 42.0 Å². The highest BCUT2D eigenvalue weighted by Crippen LogP contribution is 2.24. The Balaban J connectivity index is 1.54. The average Bonchev–Trinajstić information content (AvgIpc) is 2.74. The van der Waals surface area contributed by atoms with Gasteiger partial charge in [-0.2, -0.15) is 0 Å². The quantitative estimate of drug-likeness (QED) is 0.313. The number of carboxylic acids is 1. The molecule has 0 saturated heterocycles. The van der Waals surface area contributed by atoms with Gasteiger partial charge < -0.3 is 20.8 Å². The fourth-order valence-corrected chi connectivity index (χ4v) is 3.54. The van der Waals surface area contributed by atoms with Gasteiger partial charge in [-0.3, -0.25) is 9.59 Å². The molecule has 0 fully saturated rings. The molecule has 3 rings (SSSR count). The zero-order valence-electron chi connectivity index (χ0n) is 16.4. The van der Waals surface area contributed by atoms with Gasteiger partial charge in [0.15, 0.2) is 0 Å². The second-order valence-corrected chi connectivity index (χ2v) is 7.66. The number of aromatic hydroxyl groups is 1. The number of thioether (sulfide) groups is 1. The molecule has 0 heterocycles. The fraction of sp³-hybridized carbons (Fsp3) is 0.0870. The second-order valence-electron chi connectivity index (χ2n) is 6.61. The number of nitrogens with one attached hydrogen (secondary N) is 2. The lowest BCUT2D eigenvalue weighted by molar-refractivity contribution is -0.115. The van der Waals surface area contributed by atoms with E-state index in [1.54, 1.807) is 18.2 Å². The number of carbonyl (C=O) groups excluding carboxylic acids is 2. The average molecular weight is 436 g/mol. The summed E-state index contributed by atoms with van der Waals surface area (Å²) in [7, 11) is 0. The van der Waals surface area contributed by atoms with Gasteiger partial charge in [0.05, 0.1) is 12.2 Å². The summed E-state index contributed by atoms with van der Waals surface area (Å²) < 4.78 is 0. The van der Waals surface area contributed by atoms with Crippen molar-refractivity contribution in [3.05, 3.63) is 83.9 Å². The SMILES string of the molecule is O=C(CSc1cccc(NC(=O)Cc2ccccc2)c1)Nc1ccc(O)c(C(=O)O)c1. The van der Waals surface area contributed by atoms with E-state index in [2.05, 4.69) is 10.6 Å². The van der Waals surface area contributed by atoms with Crippen LogP contribution < -0.4 is 10.6 Å². The van der Waals surface area contributed by atoms with Crippen LogP contribution in [-0.2, 0) is 16.0 Å². The Hall–Kier alpha value is -3.78. The van der Waals surface area contributed by atoms with Crippen LogP contribution >= 0.6 is 11.8 Å². The van der Waals surface area contributed by atoms with Gasteiger partial charge in [0.1, 0.15) is 11.3 Å². The highest BCUT2D eigenvalue weighted by atomic mass is 32.2. The molecule has 0 spiro atoms. The number of anilines is 2. The number of carbonyl (C=O) groups is 3. The Morgan fingerprint density at radius 1 is 0.806 bits per heavy atom. The number of hydrogen-bond acceptors (Lipinski definition) is 5. The van der Waals surface area contributed by atoms with E-state index in [1.807, 2.05) is 36.4 Å². The summed E-state index contributed by atoms with van der Waals surface area (Å²) in [6.45, 7) is 0. The van der Waals surface area contributed by atoms with Crippen LogP contribution in [0.5, 0.6) is 5.75 Å². The van der Waals surface area contributed by atoms with E-state index in [0.29, 0.717) is 5.69 Å². The lowest BCUT2D eigenvalue weighted by Gasteiger charge is -2.09. The van der Waals surface area contributed by atoms with Crippen molar-refractivity contribution >= 4 is 40.9 Å². The molecule has 0 bridgehead atoms. The molecule has 0 aromatic heterocycles. The molecule has 2 amide bonds. The Bertz CT molecular complexity index is 1100. The van der Waals surface area contributed by atoms with Crippen molar-refractivity contribution in [2.45, 2.75) is 11.3 Å². The minimum Gasteiger partial charge on any atom is -0.507 e. The maximum Gasteiger partial charge on any atom is 0.339 e. The van der Waals surface area contributed by atoms with Gasteiger partial charge in [0.2, 0.25) is 11.8 Å². The van der Waals surface area contributed by atoms with Crippen molar-refractivity contribution in [1.29, 1.82) is 0 Å². The smallest absolute Gasteiger partial charge is 0.339 e. The molecule has 8 heteroatoms. The second kappa shape index (κ2) is 10.3. The lowest BCUT2D eigenvalue weighted by Crippen LogP contribution is -2.15. The van der Waals surface area contributed by atoms with E-state index in [4.69, 9.17) is 5.11 Å². The number of rotatable bonds is 8. The number of aromatic carboxylic acids is 1. The summed E-state index contributed by atoms with van der Waals surface area (Å²) in [4.78, 5) is 36.3. The molecule has 7 nitrogen and oxygen atoms in total. The summed E-state index contributed by atoms with van der Waals surface area (Å²) >= 11 is 1.28. The zero-order valence-corrected chi connectivity index (χ0v) is 17.2. The van der Waals surface area contributed by atoms with Crippen LogP contribution in [0.15, 0.2) is 77.7 Å². The zero-order chi connectivity index (χ0) is 22.2. The van der Waals surface area contributed by atoms with E-state index >= 15 is 0 Å². The Morgan fingerprint density at radius 2 is 1.52 bits per heavy atom. The van der Waals surface area contributed by atoms with Crippen molar-refractivity contribution in [3.8, 4) is 5.75 Å². The van der Waals surface area contributed by atoms with E-state index < -0.39 is 5.97 Å². The first-order chi connectivity index (χ1) is 14.9. The summed E-state index contributed by atoms with van der Waals surface area (Å²) in [5.74, 6) is -2.02. The van der Waals surface area contributed by atoms with Crippen LogP contribution in [0.25, 0.3) is 0 Å². The van der Waals surface area contributed by atoms with E-state index in [9.17, 15) is 19.5 Å². The Labute approximate surface area is 183 Å². The van der Waals surface area contributed by atoms with Crippen LogP contribution in [0.3, 0.4) is 0 Å². The van der Waals surface area contributed by atoms with Gasteiger partial charge in [-0.15, -0.1) is 11.8 Å². The largest absolute Gasteiger partial charge is 0.507 e. The van der Waals surface area contributed by atoms with Crippen molar-refractivity contribution in [3.63, 3.8) is 0 Å². The highest BCUT2D eigenvalue weighted by molar-refractivity contribution is 8.00. The molecule has 0 aliphatic heterocycles. The van der Waals surface area contributed by atoms with Crippen LogP contribution in [0.4, 0.5) is 11.4 Å². The number of phenols is 1. The van der Waals surface area contributed by atoms with E-state index in [1.165, 1.54) is 30.0 Å². The van der Waals surface area contributed by atoms with Crippen LogP contribution in [0.2, 0.25) is 0 Å². The molecule has 158 valence electrons. The van der Waals surface area contributed by atoms with Crippen LogP contribution in [0, 0.1) is 0 Å². The van der Waals surface area contributed by atoms with Gasteiger partial charge in [-0.1, -0.05) is 36.4 Å². The van der Waals surface area contributed by atoms with Crippen LogP contribution in [-0.4, -0.2) is 33.7 Å². The van der Waals surface area contributed by atoms with E-state index in [-0.39, 0.29) is 41.0 Å². The predicted octanol–water partition coefficient (Wildman–Crippen LogP) is 4.00. The predicted molar refractivity (Wildman–Crippen MR) is 120 cm³/mol. The molecule has 0 atom stereocenters. The maximum absolute atomic E-state index is 12.2. The molecular weight excluding hydrogens is 416 g/mol. The summed E-state index contributed by atoms with van der Waals surface area (Å²) in [5.41, 5.74) is 1.55. The number of amides is 2. The standard InChI is InChI=1S/C23H20N2O5S/c26-20-10-9-17(13-19(20)23(29)30)25-22(28)14-31-18-8-4-7-16(12-18)24-21(27)11-15-5-2-1-3-6-15/h1-10,12-13,26H,11,14H2,(H,24,27)(H,25,28)(H,29,30). The van der Waals surface area contributed by atoms with Gasteiger partial charge in [-0.25, -0.2) is 4.79 Å². The maximum atomic E-state index is 12.2. The highest BCUT2D eigenvalue weighted by Gasteiger charge is 2.12. The molecular formula is C23H20N2O5S. The minimum absolute atomic E-state index is 0.0880. The molecule has 31 heavy (non-hydrogen) atoms. The summed E-state index contributed by atoms with van der Waals surface area (Å²) in [6.07, 6.45) is 0.269. The summed E-state index contributed by atoms with van der Waals surface area (Å²) in [6, 6.07) is 20.4. The third kappa shape index (κ3) is 6.61. The first-order valence-electron chi connectivity index (χ1n) is 9.33. The number of carboxylic acid groups (broad SMARTS) is 1. The minimum atomic E-state index is -1.28.